The van der Waals surface area contributed by atoms with Crippen LogP contribution in [0, 0.1) is 33.5 Å². The molecule has 6 aromatic rings. The summed E-state index contributed by atoms with van der Waals surface area (Å²) in [5, 5.41) is 28.6. The third-order valence-electron chi connectivity index (χ3n) is 12.0. The number of benzene rings is 4. The number of rotatable bonds is 16. The van der Waals surface area contributed by atoms with Gasteiger partial charge in [0.2, 0.25) is 0 Å². The number of methoxy groups -OCH3 is 1. The van der Waals surface area contributed by atoms with E-state index in [4.69, 9.17) is 33.7 Å². The van der Waals surface area contributed by atoms with Gasteiger partial charge in [-0.25, -0.2) is 19.9 Å². The molecule has 71 heavy (non-hydrogen) atoms. The molecule has 0 atom stereocenters. The number of carboxylic acids is 1. The summed E-state index contributed by atoms with van der Waals surface area (Å²) >= 11 is 0. The summed E-state index contributed by atoms with van der Waals surface area (Å²) in [4.78, 5) is 46.2. The molecule has 2 saturated heterocycles. The van der Waals surface area contributed by atoms with Gasteiger partial charge < -0.3 is 38.6 Å². The number of hydrogen-bond acceptors (Lipinski definition) is 15. The van der Waals surface area contributed by atoms with Crippen LogP contribution in [-0.4, -0.2) is 110 Å². The van der Waals surface area contributed by atoms with Crippen LogP contribution in [0.5, 0.6) is 11.5 Å². The maximum atomic E-state index is 11.9. The van der Waals surface area contributed by atoms with E-state index in [1.54, 1.807) is 70.4 Å². The van der Waals surface area contributed by atoms with Crippen LogP contribution in [0.4, 0.5) is 11.4 Å². The van der Waals surface area contributed by atoms with Gasteiger partial charge in [-0.1, -0.05) is 24.3 Å². The molecule has 0 radical (unpaired) electrons. The van der Waals surface area contributed by atoms with Gasteiger partial charge in [0.05, 0.1) is 66.9 Å². The molecule has 0 bridgehead atoms. The number of anilines is 2. The Bertz CT molecular complexity index is 2860. The number of nitrogens with zero attached hydrogens (tertiary/aromatic N) is 8. The minimum atomic E-state index is -1.06. The summed E-state index contributed by atoms with van der Waals surface area (Å²) in [6.45, 7) is 13.3. The molecule has 16 heteroatoms. The third-order valence-corrected chi connectivity index (χ3v) is 12.0. The maximum Gasteiger partial charge on any atom is 0.314 e. The summed E-state index contributed by atoms with van der Waals surface area (Å²) in [7, 11) is 1.34. The Morgan fingerprint density at radius 1 is 0.620 bits per heavy atom. The van der Waals surface area contributed by atoms with Gasteiger partial charge >= 0.3 is 11.9 Å². The fourth-order valence-electron chi connectivity index (χ4n) is 7.67. The van der Waals surface area contributed by atoms with Crippen LogP contribution in [0.25, 0.3) is 22.5 Å². The maximum absolute atomic E-state index is 11.9. The van der Waals surface area contributed by atoms with E-state index in [0.29, 0.717) is 52.8 Å². The van der Waals surface area contributed by atoms with Crippen LogP contribution in [0.2, 0.25) is 0 Å². The first-order chi connectivity index (χ1) is 34.2. The van der Waals surface area contributed by atoms with Crippen molar-refractivity contribution in [3.63, 3.8) is 0 Å². The second kappa shape index (κ2) is 23.6. The van der Waals surface area contributed by atoms with E-state index >= 15 is 0 Å². The molecule has 366 valence electrons. The van der Waals surface area contributed by atoms with Crippen molar-refractivity contribution < 1.29 is 38.4 Å². The van der Waals surface area contributed by atoms with Crippen LogP contribution in [0.1, 0.15) is 61.6 Å². The van der Waals surface area contributed by atoms with Crippen LogP contribution < -0.4 is 19.3 Å². The van der Waals surface area contributed by atoms with Gasteiger partial charge in [-0.15, -0.1) is 0 Å². The van der Waals surface area contributed by atoms with E-state index in [-0.39, 0.29) is 19.2 Å². The molecule has 0 spiro atoms. The minimum absolute atomic E-state index is 0.0433. The molecule has 0 unspecified atom stereocenters. The first-order valence-electron chi connectivity index (χ1n) is 23.4. The number of nitriles is 2. The Hall–Kier alpha value is -7.92. The summed E-state index contributed by atoms with van der Waals surface area (Å²) < 4.78 is 27.1. The standard InChI is InChI=1S/C28H30N4O4.C27H28N4O4/c1-28(2,27(33)34-3)19-36-25-9-6-21(17-22(25)18-29)24-10-11-30-26(31-24)16-20-4-7-23(8-5-20)32-12-14-35-15-13-32;1-27(2,26(32)33)18-35-24-8-5-20(16-21(24)17-28)23-9-10-29-25(30-23)15-19-3-6-22(7-4-19)31-11-13-34-14-12-31/h4-11,17H,12-16,19H2,1-3H3;3-10,16H,11-15,18H2,1-2H3,(H,32,33). The fourth-order valence-corrected chi connectivity index (χ4v) is 7.67. The van der Waals surface area contributed by atoms with Gasteiger partial charge in [0, 0.05) is 73.9 Å². The van der Waals surface area contributed by atoms with E-state index in [0.717, 1.165) is 80.6 Å². The molecule has 16 nitrogen and oxygen atoms in total. The second-order valence-electron chi connectivity index (χ2n) is 18.4. The van der Waals surface area contributed by atoms with Crippen molar-refractivity contribution in [1.82, 2.24) is 19.9 Å². The molecule has 1 N–H and O–H groups in total. The van der Waals surface area contributed by atoms with Gasteiger partial charge in [0.15, 0.2) is 0 Å². The smallest absolute Gasteiger partial charge is 0.314 e. The Balaban J connectivity index is 0.000000209. The molecule has 2 fully saturated rings. The number of carboxylic acid groups (broad SMARTS) is 1. The molecule has 2 aliphatic heterocycles. The Labute approximate surface area is 414 Å². The zero-order valence-electron chi connectivity index (χ0n) is 40.8. The van der Waals surface area contributed by atoms with Crippen molar-refractivity contribution in [3.05, 3.63) is 143 Å². The number of hydrogen-bond donors (Lipinski definition) is 1. The van der Waals surface area contributed by atoms with Gasteiger partial charge in [0.25, 0.3) is 0 Å². The van der Waals surface area contributed by atoms with Crippen LogP contribution >= 0.6 is 0 Å². The summed E-state index contributed by atoms with van der Waals surface area (Å²) in [6, 6.07) is 35.3. The molecule has 8 rings (SSSR count). The van der Waals surface area contributed by atoms with Crippen molar-refractivity contribution in [2.75, 3.05) is 82.7 Å². The lowest BCUT2D eigenvalue weighted by Gasteiger charge is -2.28. The van der Waals surface area contributed by atoms with Gasteiger partial charge in [-0.2, -0.15) is 10.5 Å². The molecule has 0 amide bonds. The largest absolute Gasteiger partial charge is 0.491 e. The zero-order chi connectivity index (χ0) is 50.4. The lowest BCUT2D eigenvalue weighted by Crippen LogP contribution is -2.36. The Morgan fingerprint density at radius 2 is 1.03 bits per heavy atom. The highest BCUT2D eigenvalue weighted by atomic mass is 16.5. The molecular formula is C55H58N8O8. The quantitative estimate of drug-likeness (QED) is 0.0914. The highest BCUT2D eigenvalue weighted by Crippen LogP contribution is 2.30. The zero-order valence-corrected chi connectivity index (χ0v) is 40.8. The lowest BCUT2D eigenvalue weighted by molar-refractivity contribution is -0.152. The number of esters is 1. The van der Waals surface area contributed by atoms with Crippen molar-refractivity contribution in [3.8, 4) is 46.2 Å². The predicted octanol–water partition coefficient (Wildman–Crippen LogP) is 7.95. The topological polar surface area (TPSA) is 206 Å². The highest BCUT2D eigenvalue weighted by molar-refractivity contribution is 5.76. The van der Waals surface area contributed by atoms with Crippen LogP contribution in [0.15, 0.2) is 109 Å². The lowest BCUT2D eigenvalue weighted by atomic mass is 9.95. The summed E-state index contributed by atoms with van der Waals surface area (Å²) in [6.07, 6.45) is 4.64. The van der Waals surface area contributed by atoms with Gasteiger partial charge in [-0.05, 0) is 112 Å². The van der Waals surface area contributed by atoms with Crippen LogP contribution in [0.3, 0.4) is 0 Å². The molecule has 0 aliphatic carbocycles. The normalized spacial score (nSPS) is 13.7. The van der Waals surface area contributed by atoms with E-state index in [2.05, 4.69) is 80.4 Å². The summed E-state index contributed by atoms with van der Waals surface area (Å²) in [5.74, 6) is 0.806. The third kappa shape index (κ3) is 13.7. The first kappa shape index (κ1) is 50.9. The summed E-state index contributed by atoms with van der Waals surface area (Å²) in [5.41, 5.74) is 6.39. The molecular weight excluding hydrogens is 901 g/mol. The molecule has 4 heterocycles. The predicted molar refractivity (Wildman–Crippen MR) is 267 cm³/mol. The number of aliphatic carboxylic acids is 1. The molecule has 2 aliphatic rings. The Kier molecular flexibility index (Phi) is 16.9. The van der Waals surface area contributed by atoms with Gasteiger partial charge in [0.1, 0.15) is 48.5 Å². The highest BCUT2D eigenvalue weighted by Gasteiger charge is 2.31. The van der Waals surface area contributed by atoms with E-state index < -0.39 is 16.8 Å². The average molecular weight is 959 g/mol. The van der Waals surface area contributed by atoms with E-state index in [9.17, 15) is 25.2 Å². The SMILES string of the molecule is CC(C)(COc1ccc(-c2ccnc(Cc3ccc(N4CCOCC4)cc3)n2)cc1C#N)C(=O)O.COC(=O)C(C)(C)COc1ccc(-c2ccnc(Cc3ccc(N4CCOCC4)cc3)n2)cc1C#N. The Morgan fingerprint density at radius 3 is 1.41 bits per heavy atom. The molecule has 2 aromatic heterocycles. The molecule has 0 saturated carbocycles. The molecule has 4 aromatic carbocycles. The number of carbonyl (C=O) groups excluding carboxylic acids is 1. The number of morpholine rings is 2. The average Bonchev–Trinajstić information content (AvgIpc) is 3.40. The second-order valence-corrected chi connectivity index (χ2v) is 18.4. The minimum Gasteiger partial charge on any atom is -0.491 e. The number of carbonyl (C=O) groups is 2. The van der Waals surface area contributed by atoms with Crippen molar-refractivity contribution in [2.24, 2.45) is 10.8 Å². The number of aromatic nitrogens is 4. The monoisotopic (exact) mass is 958 g/mol. The first-order valence-corrected chi connectivity index (χ1v) is 23.4. The van der Waals surface area contributed by atoms with Crippen LogP contribution in [-0.2, 0) is 36.6 Å². The van der Waals surface area contributed by atoms with E-state index in [1.807, 2.05) is 18.2 Å². The van der Waals surface area contributed by atoms with Crippen molar-refractivity contribution in [1.29, 1.82) is 10.5 Å². The number of ether oxygens (including phenoxy) is 5. The van der Waals surface area contributed by atoms with Crippen molar-refractivity contribution >= 4 is 23.3 Å². The van der Waals surface area contributed by atoms with Gasteiger partial charge in [-0.3, -0.25) is 9.59 Å². The van der Waals surface area contributed by atoms with E-state index in [1.165, 1.54) is 18.5 Å². The van der Waals surface area contributed by atoms with Crippen molar-refractivity contribution in [2.45, 2.75) is 40.5 Å². The fraction of sp³-hybridized carbons (Fsp3) is 0.345.